The zero-order chi connectivity index (χ0) is 12.2. The number of carbonyl (C=O) groups excluding carboxylic acids is 1. The number of rotatable bonds is 3. The summed E-state index contributed by atoms with van der Waals surface area (Å²) in [6.45, 7) is 11.8. The molecule has 0 spiro atoms. The summed E-state index contributed by atoms with van der Waals surface area (Å²) in [7, 11) is 0. The molecule has 0 saturated carbocycles. The maximum absolute atomic E-state index is 11.0. The van der Waals surface area contributed by atoms with Crippen molar-refractivity contribution < 1.29 is 4.79 Å². The largest absolute Gasteiger partial charge is 0.300 e. The molecule has 16 heavy (non-hydrogen) atoms. The van der Waals surface area contributed by atoms with Gasteiger partial charge >= 0.3 is 0 Å². The van der Waals surface area contributed by atoms with Gasteiger partial charge in [-0.25, -0.2) is 5.84 Å². The molecule has 0 aromatic carbocycles. The molecule has 0 aliphatic carbocycles. The van der Waals surface area contributed by atoms with Crippen molar-refractivity contribution in [2.45, 2.75) is 32.7 Å². The van der Waals surface area contributed by atoms with E-state index < -0.39 is 0 Å². The van der Waals surface area contributed by atoms with Gasteiger partial charge in [-0.15, -0.1) is 0 Å². The van der Waals surface area contributed by atoms with Crippen LogP contribution in [0.4, 0.5) is 0 Å². The fraction of sp³-hybridized carbons (Fsp3) is 0.909. The lowest BCUT2D eigenvalue weighted by Crippen LogP contribution is -2.53. The Bertz CT molecular complexity index is 229. The molecule has 1 rings (SSSR count). The predicted octanol–water partition coefficient (Wildman–Crippen LogP) is -0.217. The van der Waals surface area contributed by atoms with Gasteiger partial charge in [-0.05, 0) is 20.8 Å². The summed E-state index contributed by atoms with van der Waals surface area (Å²) in [5.41, 5.74) is 2.41. The highest BCUT2D eigenvalue weighted by Crippen LogP contribution is 2.15. The van der Waals surface area contributed by atoms with Crippen LogP contribution in [0.25, 0.3) is 0 Å². The number of carbonyl (C=O) groups is 1. The van der Waals surface area contributed by atoms with Crippen molar-refractivity contribution in [2.24, 2.45) is 5.84 Å². The van der Waals surface area contributed by atoms with Crippen molar-refractivity contribution in [3.05, 3.63) is 0 Å². The van der Waals surface area contributed by atoms with Gasteiger partial charge in [-0.3, -0.25) is 15.1 Å². The normalized spacial score (nSPS) is 19.8. The Kier molecular flexibility index (Phi) is 4.70. The standard InChI is InChI=1S/C11H24N4O/c1-11(2,3)15-8-6-14(7-9-15)5-4-10(16)13-12/h4-9,12H2,1-3H3,(H,13,16). The number of piperazine rings is 1. The molecular formula is C11H24N4O. The minimum absolute atomic E-state index is 0.0850. The predicted molar refractivity (Wildman–Crippen MR) is 64.7 cm³/mol. The molecule has 1 amide bonds. The van der Waals surface area contributed by atoms with E-state index in [1.165, 1.54) is 0 Å². The third kappa shape index (κ3) is 4.08. The van der Waals surface area contributed by atoms with Crippen molar-refractivity contribution in [3.63, 3.8) is 0 Å². The summed E-state index contributed by atoms with van der Waals surface area (Å²) >= 11 is 0. The van der Waals surface area contributed by atoms with Crippen LogP contribution < -0.4 is 11.3 Å². The second-order valence-corrected chi connectivity index (χ2v) is 5.32. The maximum Gasteiger partial charge on any atom is 0.235 e. The minimum Gasteiger partial charge on any atom is -0.300 e. The van der Waals surface area contributed by atoms with Crippen LogP contribution in [0.2, 0.25) is 0 Å². The molecule has 0 atom stereocenters. The van der Waals surface area contributed by atoms with Crippen molar-refractivity contribution >= 4 is 5.91 Å². The van der Waals surface area contributed by atoms with Gasteiger partial charge in [-0.1, -0.05) is 0 Å². The SMILES string of the molecule is CC(C)(C)N1CCN(CCC(=O)NN)CC1. The Morgan fingerprint density at radius 3 is 2.25 bits per heavy atom. The van der Waals surface area contributed by atoms with Gasteiger partial charge in [0, 0.05) is 44.7 Å². The number of amides is 1. The first-order valence-electron chi connectivity index (χ1n) is 5.90. The van der Waals surface area contributed by atoms with E-state index in [0.29, 0.717) is 6.42 Å². The molecule has 1 saturated heterocycles. The van der Waals surface area contributed by atoms with Gasteiger partial charge in [0.15, 0.2) is 0 Å². The molecule has 0 bridgehead atoms. The number of hydrogen-bond acceptors (Lipinski definition) is 4. The molecule has 94 valence electrons. The lowest BCUT2D eigenvalue weighted by molar-refractivity contribution is -0.121. The van der Waals surface area contributed by atoms with Crippen LogP contribution >= 0.6 is 0 Å². The quantitative estimate of drug-likeness (QED) is 0.398. The Hall–Kier alpha value is -0.650. The van der Waals surface area contributed by atoms with Crippen molar-refractivity contribution in [1.82, 2.24) is 15.2 Å². The van der Waals surface area contributed by atoms with Gasteiger partial charge < -0.3 is 4.90 Å². The van der Waals surface area contributed by atoms with E-state index in [-0.39, 0.29) is 11.4 Å². The molecular weight excluding hydrogens is 204 g/mol. The summed E-state index contributed by atoms with van der Waals surface area (Å²) in [5.74, 6) is 4.96. The maximum atomic E-state index is 11.0. The van der Waals surface area contributed by atoms with Gasteiger partial charge in [0.05, 0.1) is 0 Å². The van der Waals surface area contributed by atoms with E-state index in [2.05, 4.69) is 36.0 Å². The van der Waals surface area contributed by atoms with E-state index in [0.717, 1.165) is 32.7 Å². The highest BCUT2D eigenvalue weighted by atomic mass is 16.2. The summed E-state index contributed by atoms with van der Waals surface area (Å²) in [5, 5.41) is 0. The van der Waals surface area contributed by atoms with Crippen LogP contribution in [-0.4, -0.2) is 54.0 Å². The number of nitrogens with two attached hydrogens (primary N) is 1. The minimum atomic E-state index is -0.0850. The number of nitrogens with zero attached hydrogens (tertiary/aromatic N) is 2. The lowest BCUT2D eigenvalue weighted by atomic mass is 10.0. The highest BCUT2D eigenvalue weighted by molar-refractivity contribution is 5.75. The van der Waals surface area contributed by atoms with Crippen molar-refractivity contribution in [3.8, 4) is 0 Å². The first-order valence-corrected chi connectivity index (χ1v) is 5.90. The summed E-state index contributed by atoms with van der Waals surface area (Å²) in [6, 6.07) is 0. The highest BCUT2D eigenvalue weighted by Gasteiger charge is 2.25. The van der Waals surface area contributed by atoms with Crippen LogP contribution in [0.1, 0.15) is 27.2 Å². The number of hydrazine groups is 1. The van der Waals surface area contributed by atoms with E-state index in [9.17, 15) is 4.79 Å². The Morgan fingerprint density at radius 1 is 1.25 bits per heavy atom. The third-order valence-electron chi connectivity index (χ3n) is 3.14. The molecule has 5 nitrogen and oxygen atoms in total. The molecule has 1 fully saturated rings. The zero-order valence-electron chi connectivity index (χ0n) is 10.6. The van der Waals surface area contributed by atoms with E-state index in [4.69, 9.17) is 5.84 Å². The molecule has 0 radical (unpaired) electrons. The second-order valence-electron chi connectivity index (χ2n) is 5.32. The van der Waals surface area contributed by atoms with Crippen LogP contribution in [0, 0.1) is 0 Å². The third-order valence-corrected chi connectivity index (χ3v) is 3.14. The topological polar surface area (TPSA) is 61.6 Å². The van der Waals surface area contributed by atoms with Crippen molar-refractivity contribution in [1.29, 1.82) is 0 Å². The molecule has 5 heteroatoms. The zero-order valence-corrected chi connectivity index (χ0v) is 10.6. The van der Waals surface area contributed by atoms with E-state index >= 15 is 0 Å². The fourth-order valence-corrected chi connectivity index (χ4v) is 1.97. The Morgan fingerprint density at radius 2 is 1.81 bits per heavy atom. The van der Waals surface area contributed by atoms with E-state index in [1.807, 2.05) is 0 Å². The van der Waals surface area contributed by atoms with Crippen LogP contribution in [0.5, 0.6) is 0 Å². The fourth-order valence-electron chi connectivity index (χ4n) is 1.97. The first kappa shape index (κ1) is 13.4. The lowest BCUT2D eigenvalue weighted by Gasteiger charge is -2.42. The first-order chi connectivity index (χ1) is 7.43. The molecule has 1 heterocycles. The molecule has 0 aromatic rings. The average Bonchev–Trinajstić information content (AvgIpc) is 2.25. The van der Waals surface area contributed by atoms with Crippen LogP contribution in [-0.2, 0) is 4.79 Å². The van der Waals surface area contributed by atoms with Crippen molar-refractivity contribution in [2.75, 3.05) is 32.7 Å². The molecule has 1 aliphatic heterocycles. The number of hydrogen-bond donors (Lipinski definition) is 2. The smallest absolute Gasteiger partial charge is 0.235 e. The molecule has 1 aliphatic rings. The van der Waals surface area contributed by atoms with Gasteiger partial charge in [-0.2, -0.15) is 0 Å². The average molecular weight is 228 g/mol. The molecule has 3 N–H and O–H groups in total. The van der Waals surface area contributed by atoms with Gasteiger partial charge in [0.1, 0.15) is 0 Å². The molecule has 0 unspecified atom stereocenters. The summed E-state index contributed by atoms with van der Waals surface area (Å²) < 4.78 is 0. The van der Waals surface area contributed by atoms with E-state index in [1.54, 1.807) is 0 Å². The van der Waals surface area contributed by atoms with Crippen LogP contribution in [0.15, 0.2) is 0 Å². The van der Waals surface area contributed by atoms with Gasteiger partial charge in [0.2, 0.25) is 5.91 Å². The second kappa shape index (κ2) is 5.61. The monoisotopic (exact) mass is 228 g/mol. The molecule has 0 aromatic heterocycles. The Balaban J connectivity index is 2.25. The summed E-state index contributed by atoms with van der Waals surface area (Å²) in [4.78, 5) is 15.8. The number of nitrogens with one attached hydrogen (secondary N) is 1. The Labute approximate surface area is 97.9 Å². The summed E-state index contributed by atoms with van der Waals surface area (Å²) in [6.07, 6.45) is 0.492. The van der Waals surface area contributed by atoms with Gasteiger partial charge in [0.25, 0.3) is 0 Å². The van der Waals surface area contributed by atoms with Crippen LogP contribution in [0.3, 0.4) is 0 Å².